The minimum absolute atomic E-state index is 0.0285. The van der Waals surface area contributed by atoms with Gasteiger partial charge in [-0.1, -0.05) is 45.7 Å². The van der Waals surface area contributed by atoms with Crippen molar-refractivity contribution in [1.82, 2.24) is 4.98 Å². The van der Waals surface area contributed by atoms with Crippen LogP contribution in [-0.4, -0.2) is 11.5 Å². The van der Waals surface area contributed by atoms with Crippen molar-refractivity contribution in [1.29, 1.82) is 1.43 Å². The molecular formula is C15H24ClNO. The molecule has 1 aromatic rings. The van der Waals surface area contributed by atoms with Crippen LogP contribution in [0.4, 0.5) is 0 Å². The van der Waals surface area contributed by atoms with Crippen LogP contribution in [0.25, 0.3) is 0 Å². The molecule has 1 aromatic heterocycles. The number of aliphatic hydroxyl groups is 1. The Kier molecular flexibility index (Phi) is 4.63. The van der Waals surface area contributed by atoms with Gasteiger partial charge < -0.3 is 5.11 Å². The molecular weight excluding hydrogens is 246 g/mol. The SMILES string of the molecule is [2H]OCc1c(C)c(Cl)nc(CCCC)c1C(C)(C)C. The Balaban J connectivity index is 3.44. The molecule has 0 amide bonds. The monoisotopic (exact) mass is 270 g/mol. The van der Waals surface area contributed by atoms with E-state index in [-0.39, 0.29) is 12.0 Å². The van der Waals surface area contributed by atoms with Gasteiger partial charge in [0.05, 0.1) is 6.61 Å². The Hall–Kier alpha value is -0.600. The molecule has 0 aliphatic carbocycles. The van der Waals surface area contributed by atoms with E-state index in [1.54, 1.807) is 0 Å². The summed E-state index contributed by atoms with van der Waals surface area (Å²) in [5, 5.41) is 5.16. The van der Waals surface area contributed by atoms with Crippen molar-refractivity contribution < 1.29 is 5.11 Å². The number of hydrogen-bond donors (Lipinski definition) is 1. The molecule has 0 spiro atoms. The van der Waals surface area contributed by atoms with Gasteiger partial charge in [0.2, 0.25) is 1.43 Å². The van der Waals surface area contributed by atoms with E-state index in [9.17, 15) is 0 Å². The highest BCUT2D eigenvalue weighted by Crippen LogP contribution is 2.33. The average Bonchev–Trinajstić information content (AvgIpc) is 2.31. The number of hydrogen-bond acceptors (Lipinski definition) is 2. The summed E-state index contributed by atoms with van der Waals surface area (Å²) in [6.45, 7) is 10.9. The van der Waals surface area contributed by atoms with Crippen molar-refractivity contribution in [3.8, 4) is 0 Å². The van der Waals surface area contributed by atoms with E-state index < -0.39 is 0 Å². The summed E-state index contributed by atoms with van der Waals surface area (Å²) in [7, 11) is 0. The fourth-order valence-electron chi connectivity index (χ4n) is 2.34. The predicted octanol–water partition coefficient (Wildman–Crippen LogP) is 4.18. The number of aromatic nitrogens is 1. The Morgan fingerprint density at radius 1 is 1.39 bits per heavy atom. The maximum absolute atomic E-state index is 7.05. The van der Waals surface area contributed by atoms with Gasteiger partial charge in [-0.05, 0) is 41.9 Å². The largest absolute Gasteiger partial charge is 0.392 e. The van der Waals surface area contributed by atoms with Crippen molar-refractivity contribution in [2.24, 2.45) is 0 Å². The predicted molar refractivity (Wildman–Crippen MR) is 77.2 cm³/mol. The van der Waals surface area contributed by atoms with Gasteiger partial charge in [-0.3, -0.25) is 0 Å². The molecule has 1 heterocycles. The molecule has 0 unspecified atom stereocenters. The molecule has 0 atom stereocenters. The third-order valence-corrected chi connectivity index (χ3v) is 3.62. The number of rotatable bonds is 5. The van der Waals surface area contributed by atoms with E-state index in [0.717, 1.165) is 36.1 Å². The molecule has 2 nitrogen and oxygen atoms in total. The molecule has 0 bridgehead atoms. The van der Waals surface area contributed by atoms with E-state index in [1.165, 1.54) is 5.56 Å². The molecule has 3 heteroatoms. The van der Waals surface area contributed by atoms with E-state index in [4.69, 9.17) is 13.0 Å². The van der Waals surface area contributed by atoms with E-state index >= 15 is 0 Å². The lowest BCUT2D eigenvalue weighted by Gasteiger charge is -2.27. The van der Waals surface area contributed by atoms with E-state index in [2.05, 4.69) is 37.8 Å². The Morgan fingerprint density at radius 2 is 2.06 bits per heavy atom. The van der Waals surface area contributed by atoms with Crippen molar-refractivity contribution in [3.63, 3.8) is 0 Å². The van der Waals surface area contributed by atoms with Crippen LogP contribution in [0, 0.1) is 6.92 Å². The lowest BCUT2D eigenvalue weighted by Crippen LogP contribution is -2.20. The lowest BCUT2D eigenvalue weighted by atomic mass is 9.80. The highest BCUT2D eigenvalue weighted by molar-refractivity contribution is 6.30. The molecule has 1 rings (SSSR count). The van der Waals surface area contributed by atoms with E-state index in [1.807, 2.05) is 6.92 Å². The quantitative estimate of drug-likeness (QED) is 0.815. The number of aryl methyl sites for hydroxylation is 1. The van der Waals surface area contributed by atoms with Gasteiger partial charge in [-0.2, -0.15) is 0 Å². The average molecular weight is 271 g/mol. The van der Waals surface area contributed by atoms with E-state index in [0.29, 0.717) is 5.15 Å². The van der Waals surface area contributed by atoms with Gasteiger partial charge in [0, 0.05) is 5.69 Å². The number of nitrogens with zero attached hydrogens (tertiary/aromatic N) is 1. The molecule has 0 aliphatic heterocycles. The molecule has 0 aromatic carbocycles. The van der Waals surface area contributed by atoms with Gasteiger partial charge in [0.15, 0.2) is 0 Å². The zero-order valence-electron chi connectivity index (χ0n) is 13.1. The van der Waals surface area contributed by atoms with Crippen LogP contribution in [-0.2, 0) is 18.4 Å². The molecule has 1 N–H and O–H groups in total. The maximum Gasteiger partial charge on any atom is 0.211 e. The Labute approximate surface area is 117 Å². The third-order valence-electron chi connectivity index (χ3n) is 3.25. The first-order valence-electron chi connectivity index (χ1n) is 7.00. The summed E-state index contributed by atoms with van der Waals surface area (Å²) in [5.41, 5.74) is 4.17. The first kappa shape index (κ1) is 13.8. The van der Waals surface area contributed by atoms with Crippen LogP contribution in [0.1, 0.15) is 62.9 Å². The number of halogens is 1. The van der Waals surface area contributed by atoms with Crippen molar-refractivity contribution in [2.45, 2.75) is 65.9 Å². The molecule has 0 radical (unpaired) electrons. The normalized spacial score (nSPS) is 12.7. The smallest absolute Gasteiger partial charge is 0.211 e. The third kappa shape index (κ3) is 3.24. The second-order valence-corrected chi connectivity index (χ2v) is 6.18. The van der Waals surface area contributed by atoms with Crippen LogP contribution >= 0.6 is 11.6 Å². The van der Waals surface area contributed by atoms with Gasteiger partial charge >= 0.3 is 0 Å². The van der Waals surface area contributed by atoms with Crippen molar-refractivity contribution >= 4 is 11.6 Å². The minimum Gasteiger partial charge on any atom is -0.392 e. The Bertz CT molecular complexity index is 441. The number of unbranched alkanes of at least 4 members (excludes halogenated alkanes) is 1. The van der Waals surface area contributed by atoms with Gasteiger partial charge in [-0.15, -0.1) is 0 Å². The fourth-order valence-corrected chi connectivity index (χ4v) is 2.55. The second kappa shape index (κ2) is 6.03. The lowest BCUT2D eigenvalue weighted by molar-refractivity contribution is 0.277. The topological polar surface area (TPSA) is 33.1 Å². The van der Waals surface area contributed by atoms with Crippen molar-refractivity contribution in [3.05, 3.63) is 27.5 Å². The molecule has 18 heavy (non-hydrogen) atoms. The minimum atomic E-state index is -0.0285. The number of pyridine rings is 1. The second-order valence-electron chi connectivity index (χ2n) is 5.83. The van der Waals surface area contributed by atoms with Crippen LogP contribution in [0.5, 0.6) is 0 Å². The highest BCUT2D eigenvalue weighted by Gasteiger charge is 2.25. The molecule has 0 aliphatic rings. The summed E-state index contributed by atoms with van der Waals surface area (Å²) in [5.74, 6) is 0. The van der Waals surface area contributed by atoms with Crippen LogP contribution < -0.4 is 0 Å². The van der Waals surface area contributed by atoms with Gasteiger partial charge in [0.25, 0.3) is 0 Å². The summed E-state index contributed by atoms with van der Waals surface area (Å²) in [4.78, 5) is 4.57. The fraction of sp³-hybridized carbons (Fsp3) is 0.667. The Morgan fingerprint density at radius 3 is 2.56 bits per heavy atom. The van der Waals surface area contributed by atoms with Crippen LogP contribution in [0.2, 0.25) is 5.15 Å². The van der Waals surface area contributed by atoms with Gasteiger partial charge in [0.1, 0.15) is 5.15 Å². The molecule has 0 fully saturated rings. The molecule has 0 saturated carbocycles. The first-order chi connectivity index (χ1) is 8.82. The molecule has 0 saturated heterocycles. The summed E-state index contributed by atoms with van der Waals surface area (Å²) >= 11 is 6.23. The standard InChI is InChI=1S/C15H24ClNO/c1-6-7-8-12-13(15(3,4)5)11(9-18)10(2)14(16)17-12/h18H,6-9H2,1-5H3/i18D. The summed E-state index contributed by atoms with van der Waals surface area (Å²) in [6.07, 6.45) is 3.14. The zero-order chi connectivity index (χ0) is 14.6. The summed E-state index contributed by atoms with van der Waals surface area (Å²) in [6, 6.07) is 0. The van der Waals surface area contributed by atoms with Crippen LogP contribution in [0.3, 0.4) is 0 Å². The number of aliphatic hydroxyl groups excluding tert-OH is 1. The molecule has 102 valence electrons. The maximum atomic E-state index is 7.05. The van der Waals surface area contributed by atoms with Crippen LogP contribution in [0.15, 0.2) is 0 Å². The zero-order valence-corrected chi connectivity index (χ0v) is 12.8. The summed E-state index contributed by atoms with van der Waals surface area (Å²) < 4.78 is 7.05. The highest BCUT2D eigenvalue weighted by atomic mass is 35.5. The van der Waals surface area contributed by atoms with Gasteiger partial charge in [-0.25, -0.2) is 4.98 Å². The van der Waals surface area contributed by atoms with Crippen molar-refractivity contribution in [2.75, 3.05) is 0 Å². The first-order valence-corrected chi connectivity index (χ1v) is 6.97.